The lowest BCUT2D eigenvalue weighted by atomic mass is 9.89. The molecule has 0 unspecified atom stereocenters. The molecule has 2 aliphatic rings. The van der Waals surface area contributed by atoms with Crippen molar-refractivity contribution in [3.05, 3.63) is 34.9 Å². The molecule has 1 heterocycles. The van der Waals surface area contributed by atoms with E-state index in [1.165, 1.54) is 55.2 Å². The number of carbonyl (C=O) groups is 1. The van der Waals surface area contributed by atoms with Crippen molar-refractivity contribution in [3.63, 3.8) is 0 Å². The van der Waals surface area contributed by atoms with Gasteiger partial charge in [0.25, 0.3) is 0 Å². The van der Waals surface area contributed by atoms with E-state index in [1.54, 1.807) is 0 Å². The summed E-state index contributed by atoms with van der Waals surface area (Å²) in [6.45, 7) is 4.78. The molecule has 0 radical (unpaired) electrons. The predicted octanol–water partition coefficient (Wildman–Crippen LogP) is 2.84. The van der Waals surface area contributed by atoms with Crippen LogP contribution in [0.2, 0.25) is 0 Å². The van der Waals surface area contributed by atoms with Crippen molar-refractivity contribution in [2.45, 2.75) is 51.5 Å². The number of aryl methyl sites for hydroxylation is 2. The molecule has 1 aromatic carbocycles. The molecule has 1 saturated heterocycles. The van der Waals surface area contributed by atoms with E-state index in [9.17, 15) is 4.79 Å². The molecule has 0 aromatic heterocycles. The van der Waals surface area contributed by atoms with Crippen LogP contribution in [0, 0.1) is 0 Å². The minimum absolute atomic E-state index is 0.104. The van der Waals surface area contributed by atoms with Gasteiger partial charge in [-0.05, 0) is 75.2 Å². The van der Waals surface area contributed by atoms with E-state index in [2.05, 4.69) is 35.3 Å². The van der Waals surface area contributed by atoms with Crippen LogP contribution in [-0.2, 0) is 17.6 Å². The first-order valence-electron chi connectivity index (χ1n) is 8.36. The van der Waals surface area contributed by atoms with E-state index >= 15 is 0 Å². The van der Waals surface area contributed by atoms with Gasteiger partial charge in [-0.15, -0.1) is 0 Å². The topological polar surface area (TPSA) is 32.3 Å². The molecule has 3 heteroatoms. The molecule has 3 nitrogen and oxygen atoms in total. The van der Waals surface area contributed by atoms with Gasteiger partial charge >= 0.3 is 0 Å². The third kappa shape index (κ3) is 3.65. The molecule has 1 atom stereocenters. The van der Waals surface area contributed by atoms with Gasteiger partial charge in [-0.2, -0.15) is 0 Å². The molecule has 1 amide bonds. The zero-order chi connectivity index (χ0) is 14.7. The van der Waals surface area contributed by atoms with Crippen LogP contribution in [0.3, 0.4) is 0 Å². The van der Waals surface area contributed by atoms with Gasteiger partial charge < -0.3 is 5.32 Å². The second kappa shape index (κ2) is 6.61. The molecule has 0 saturated carbocycles. The third-order valence-corrected chi connectivity index (χ3v) is 4.82. The Morgan fingerprint density at radius 2 is 1.86 bits per heavy atom. The Bertz CT molecular complexity index is 506. The molecule has 3 rings (SSSR count). The van der Waals surface area contributed by atoms with Crippen LogP contribution < -0.4 is 5.32 Å². The summed E-state index contributed by atoms with van der Waals surface area (Å²) in [4.78, 5) is 14.4. The van der Waals surface area contributed by atoms with Crippen LogP contribution in [0.4, 0.5) is 0 Å². The summed E-state index contributed by atoms with van der Waals surface area (Å²) in [5, 5.41) is 3.15. The minimum atomic E-state index is 0.104. The van der Waals surface area contributed by atoms with Gasteiger partial charge in [-0.1, -0.05) is 18.2 Å². The van der Waals surface area contributed by atoms with Crippen LogP contribution in [-0.4, -0.2) is 30.4 Å². The van der Waals surface area contributed by atoms with Gasteiger partial charge in [-0.25, -0.2) is 0 Å². The number of hydrogen-bond acceptors (Lipinski definition) is 2. The van der Waals surface area contributed by atoms with Crippen molar-refractivity contribution in [3.8, 4) is 0 Å². The number of nitrogens with one attached hydrogen (secondary N) is 1. The number of nitrogens with zero attached hydrogens (tertiary/aromatic N) is 1. The largest absolute Gasteiger partial charge is 0.348 e. The zero-order valence-corrected chi connectivity index (χ0v) is 13.0. The van der Waals surface area contributed by atoms with Crippen molar-refractivity contribution < 1.29 is 4.79 Å². The first-order chi connectivity index (χ1) is 10.2. The molecule has 1 aliphatic heterocycles. The Labute approximate surface area is 127 Å². The van der Waals surface area contributed by atoms with Crippen LogP contribution in [0.1, 0.15) is 55.3 Å². The van der Waals surface area contributed by atoms with Gasteiger partial charge in [-0.3, -0.25) is 9.69 Å². The van der Waals surface area contributed by atoms with Gasteiger partial charge in [0.05, 0.1) is 12.6 Å². The molecule has 1 N–H and O–H groups in total. The van der Waals surface area contributed by atoms with E-state index in [1.807, 2.05) is 0 Å². The summed E-state index contributed by atoms with van der Waals surface area (Å²) >= 11 is 0. The van der Waals surface area contributed by atoms with E-state index in [4.69, 9.17) is 0 Å². The Balaban J connectivity index is 1.59. The first kappa shape index (κ1) is 14.6. The molecule has 0 bridgehead atoms. The van der Waals surface area contributed by atoms with Crippen LogP contribution in [0.5, 0.6) is 0 Å². The summed E-state index contributed by atoms with van der Waals surface area (Å²) in [5.74, 6) is 0.155. The number of amides is 1. The highest BCUT2D eigenvalue weighted by molar-refractivity contribution is 5.78. The van der Waals surface area contributed by atoms with Crippen molar-refractivity contribution in [2.24, 2.45) is 0 Å². The van der Waals surface area contributed by atoms with Crippen molar-refractivity contribution in [2.75, 3.05) is 19.6 Å². The maximum absolute atomic E-state index is 12.1. The van der Waals surface area contributed by atoms with Crippen molar-refractivity contribution >= 4 is 5.91 Å². The number of fused-ring (bicyclic) bond motifs is 1. The molecular formula is C18H26N2O. The Morgan fingerprint density at radius 1 is 1.14 bits per heavy atom. The van der Waals surface area contributed by atoms with Crippen LogP contribution in [0.15, 0.2) is 18.2 Å². The summed E-state index contributed by atoms with van der Waals surface area (Å²) in [6, 6.07) is 6.85. The maximum atomic E-state index is 12.1. The monoisotopic (exact) mass is 286 g/mol. The predicted molar refractivity (Wildman–Crippen MR) is 85.3 cm³/mol. The molecule has 1 fully saturated rings. The standard InChI is InChI=1S/C18H26N2O/c1-14(19-18(21)13-20-10-4-5-11-20)16-9-8-15-6-2-3-7-17(15)12-16/h8-9,12,14H,2-7,10-11,13H2,1H3,(H,19,21)/t14-/m0/s1. The van der Waals surface area contributed by atoms with Gasteiger partial charge in [0.1, 0.15) is 0 Å². The molecule has 21 heavy (non-hydrogen) atoms. The Hall–Kier alpha value is -1.35. The van der Waals surface area contributed by atoms with Gasteiger partial charge in [0.2, 0.25) is 5.91 Å². The van der Waals surface area contributed by atoms with Crippen LogP contribution in [0.25, 0.3) is 0 Å². The average molecular weight is 286 g/mol. The number of rotatable bonds is 4. The molecule has 0 spiro atoms. The SMILES string of the molecule is C[C@H](NC(=O)CN1CCCC1)c1ccc2c(c1)CCCC2. The second-order valence-electron chi connectivity index (χ2n) is 6.51. The zero-order valence-electron chi connectivity index (χ0n) is 13.0. The first-order valence-corrected chi connectivity index (χ1v) is 8.36. The lowest BCUT2D eigenvalue weighted by Crippen LogP contribution is -2.37. The fourth-order valence-corrected chi connectivity index (χ4v) is 3.54. The third-order valence-electron chi connectivity index (χ3n) is 4.82. The van der Waals surface area contributed by atoms with E-state index < -0.39 is 0 Å². The number of carbonyl (C=O) groups excluding carboxylic acids is 1. The van der Waals surface area contributed by atoms with Crippen molar-refractivity contribution in [1.29, 1.82) is 0 Å². The lowest BCUT2D eigenvalue weighted by molar-refractivity contribution is -0.122. The lowest BCUT2D eigenvalue weighted by Gasteiger charge is -2.21. The molecular weight excluding hydrogens is 260 g/mol. The smallest absolute Gasteiger partial charge is 0.234 e. The number of hydrogen-bond donors (Lipinski definition) is 1. The van der Waals surface area contributed by atoms with Gasteiger partial charge in [0.15, 0.2) is 0 Å². The Kier molecular flexibility index (Phi) is 4.59. The van der Waals surface area contributed by atoms with E-state index in [0.29, 0.717) is 6.54 Å². The molecule has 1 aromatic rings. The quantitative estimate of drug-likeness (QED) is 0.923. The molecule has 1 aliphatic carbocycles. The maximum Gasteiger partial charge on any atom is 0.234 e. The highest BCUT2D eigenvalue weighted by Crippen LogP contribution is 2.24. The van der Waals surface area contributed by atoms with Gasteiger partial charge in [0, 0.05) is 0 Å². The summed E-state index contributed by atoms with van der Waals surface area (Å²) in [6.07, 6.45) is 7.48. The summed E-state index contributed by atoms with van der Waals surface area (Å²) in [5.41, 5.74) is 4.23. The fourth-order valence-electron chi connectivity index (χ4n) is 3.54. The number of benzene rings is 1. The highest BCUT2D eigenvalue weighted by Gasteiger charge is 2.17. The van der Waals surface area contributed by atoms with Crippen LogP contribution >= 0.6 is 0 Å². The molecule has 114 valence electrons. The van der Waals surface area contributed by atoms with Crippen molar-refractivity contribution in [1.82, 2.24) is 10.2 Å². The normalized spacial score (nSPS) is 20.0. The summed E-state index contributed by atoms with van der Waals surface area (Å²) in [7, 11) is 0. The van der Waals surface area contributed by atoms with E-state index in [0.717, 1.165) is 13.1 Å². The fraction of sp³-hybridized carbons (Fsp3) is 0.611. The Morgan fingerprint density at radius 3 is 2.62 bits per heavy atom. The highest BCUT2D eigenvalue weighted by atomic mass is 16.2. The summed E-state index contributed by atoms with van der Waals surface area (Å²) < 4.78 is 0. The van der Waals surface area contributed by atoms with E-state index in [-0.39, 0.29) is 11.9 Å². The number of likely N-dealkylation sites (tertiary alicyclic amines) is 1. The second-order valence-corrected chi connectivity index (χ2v) is 6.51. The minimum Gasteiger partial charge on any atom is -0.348 e. The average Bonchev–Trinajstić information content (AvgIpc) is 2.99.